The summed E-state index contributed by atoms with van der Waals surface area (Å²) in [5, 5.41) is 2.63. The molecule has 0 unspecified atom stereocenters. The van der Waals surface area contributed by atoms with Gasteiger partial charge in [-0.25, -0.2) is 13.1 Å². The highest BCUT2D eigenvalue weighted by molar-refractivity contribution is 7.89. The smallest absolute Gasteiger partial charge is 0.367 e. The standard InChI is InChI=1S/C19H21F3N2O4S/c1-2-18(25)24-16-7-9-17(10-8-16)29(26,27)23-11-14-3-5-15(6-4-14)12-28-13-19(20,21)22/h3-10,23H,2,11-13H2,1H3,(H,24,25). The van der Waals surface area contributed by atoms with E-state index in [2.05, 4.69) is 14.8 Å². The maximum Gasteiger partial charge on any atom is 0.411 e. The average molecular weight is 430 g/mol. The Hall–Kier alpha value is -2.43. The van der Waals surface area contributed by atoms with Gasteiger partial charge in [0, 0.05) is 18.7 Å². The number of alkyl halides is 3. The Morgan fingerprint density at radius 3 is 2.14 bits per heavy atom. The van der Waals surface area contributed by atoms with Crippen molar-refractivity contribution >= 4 is 21.6 Å². The first kappa shape index (κ1) is 22.9. The van der Waals surface area contributed by atoms with Crippen LogP contribution in [0.1, 0.15) is 24.5 Å². The van der Waals surface area contributed by atoms with E-state index in [1.807, 2.05) is 0 Å². The summed E-state index contributed by atoms with van der Waals surface area (Å²) in [5.41, 5.74) is 1.68. The van der Waals surface area contributed by atoms with Gasteiger partial charge in [-0.1, -0.05) is 31.2 Å². The van der Waals surface area contributed by atoms with Gasteiger partial charge in [0.25, 0.3) is 0 Å². The minimum absolute atomic E-state index is 0.0142. The normalized spacial score (nSPS) is 12.0. The van der Waals surface area contributed by atoms with Gasteiger partial charge in [0.05, 0.1) is 11.5 Å². The van der Waals surface area contributed by atoms with Crippen molar-refractivity contribution < 1.29 is 31.1 Å². The van der Waals surface area contributed by atoms with Crippen LogP contribution in [0.5, 0.6) is 0 Å². The van der Waals surface area contributed by atoms with Gasteiger partial charge in [-0.2, -0.15) is 13.2 Å². The third-order valence-corrected chi connectivity index (χ3v) is 5.21. The van der Waals surface area contributed by atoms with Gasteiger partial charge in [0.1, 0.15) is 6.61 Å². The molecular weight excluding hydrogens is 409 g/mol. The van der Waals surface area contributed by atoms with Gasteiger partial charge in [0.15, 0.2) is 0 Å². The number of ether oxygens (including phenoxy) is 1. The lowest BCUT2D eigenvalue weighted by molar-refractivity contribution is -0.176. The van der Waals surface area contributed by atoms with E-state index in [0.29, 0.717) is 23.2 Å². The maximum absolute atomic E-state index is 12.4. The van der Waals surface area contributed by atoms with E-state index in [1.54, 1.807) is 31.2 Å². The maximum atomic E-state index is 12.4. The molecule has 158 valence electrons. The van der Waals surface area contributed by atoms with E-state index in [4.69, 9.17) is 0 Å². The number of amides is 1. The molecule has 0 heterocycles. The van der Waals surface area contributed by atoms with Crippen LogP contribution in [0.2, 0.25) is 0 Å². The fraction of sp³-hybridized carbons (Fsp3) is 0.316. The Balaban J connectivity index is 1.90. The van der Waals surface area contributed by atoms with E-state index >= 15 is 0 Å². The molecule has 1 amide bonds. The minimum atomic E-state index is -4.38. The van der Waals surface area contributed by atoms with Crippen molar-refractivity contribution in [1.82, 2.24) is 4.72 Å². The molecular formula is C19H21F3N2O4S. The van der Waals surface area contributed by atoms with E-state index in [0.717, 1.165) is 0 Å². The molecule has 0 aliphatic heterocycles. The van der Waals surface area contributed by atoms with Gasteiger partial charge < -0.3 is 10.1 Å². The summed E-state index contributed by atoms with van der Waals surface area (Å²) in [6, 6.07) is 12.1. The van der Waals surface area contributed by atoms with E-state index < -0.39 is 22.8 Å². The fourth-order valence-corrected chi connectivity index (χ4v) is 3.28. The highest BCUT2D eigenvalue weighted by Gasteiger charge is 2.27. The summed E-state index contributed by atoms with van der Waals surface area (Å²) in [6.45, 7) is 0.211. The lowest BCUT2D eigenvalue weighted by Crippen LogP contribution is -2.23. The van der Waals surface area contributed by atoms with Gasteiger partial charge in [-0.15, -0.1) is 0 Å². The number of sulfonamides is 1. The van der Waals surface area contributed by atoms with Crippen molar-refractivity contribution in [3.63, 3.8) is 0 Å². The molecule has 10 heteroatoms. The zero-order chi connectivity index (χ0) is 21.5. The number of halogens is 3. The second-order valence-corrected chi connectivity index (χ2v) is 7.94. The van der Waals surface area contributed by atoms with Crippen LogP contribution in [0, 0.1) is 0 Å². The van der Waals surface area contributed by atoms with E-state index in [9.17, 15) is 26.4 Å². The van der Waals surface area contributed by atoms with Crippen molar-refractivity contribution in [2.75, 3.05) is 11.9 Å². The second-order valence-electron chi connectivity index (χ2n) is 6.18. The van der Waals surface area contributed by atoms with Gasteiger partial charge in [-0.05, 0) is 35.4 Å². The Morgan fingerprint density at radius 1 is 1.00 bits per heavy atom. The van der Waals surface area contributed by atoms with Crippen LogP contribution in [0.15, 0.2) is 53.4 Å². The van der Waals surface area contributed by atoms with Gasteiger partial charge in [0.2, 0.25) is 15.9 Å². The summed E-state index contributed by atoms with van der Waals surface area (Å²) >= 11 is 0. The van der Waals surface area contributed by atoms with Crippen molar-refractivity contribution in [1.29, 1.82) is 0 Å². The largest absolute Gasteiger partial charge is 0.411 e. The molecule has 2 rings (SSSR count). The monoisotopic (exact) mass is 430 g/mol. The third-order valence-electron chi connectivity index (χ3n) is 3.79. The molecule has 0 bridgehead atoms. The van der Waals surface area contributed by atoms with Gasteiger partial charge in [-0.3, -0.25) is 4.79 Å². The number of carbonyl (C=O) groups is 1. The molecule has 2 N–H and O–H groups in total. The van der Waals surface area contributed by atoms with Crippen molar-refractivity contribution in [3.8, 4) is 0 Å². The molecule has 2 aromatic carbocycles. The summed E-state index contributed by atoms with van der Waals surface area (Å²) in [4.78, 5) is 11.4. The lowest BCUT2D eigenvalue weighted by Gasteiger charge is -2.10. The first-order chi connectivity index (χ1) is 13.6. The molecule has 0 atom stereocenters. The lowest BCUT2D eigenvalue weighted by atomic mass is 10.1. The molecule has 0 saturated carbocycles. The number of anilines is 1. The first-order valence-electron chi connectivity index (χ1n) is 8.71. The zero-order valence-electron chi connectivity index (χ0n) is 15.6. The highest BCUT2D eigenvalue weighted by atomic mass is 32.2. The van der Waals surface area contributed by atoms with Crippen LogP contribution in [-0.4, -0.2) is 27.1 Å². The molecule has 29 heavy (non-hydrogen) atoms. The first-order valence-corrected chi connectivity index (χ1v) is 10.2. The molecule has 0 aliphatic rings. The van der Waals surface area contributed by atoms with Crippen LogP contribution in [0.3, 0.4) is 0 Å². The molecule has 0 radical (unpaired) electrons. The summed E-state index contributed by atoms with van der Waals surface area (Å²) < 4.78 is 67.9. The van der Waals surface area contributed by atoms with E-state index in [-0.39, 0.29) is 24.0 Å². The molecule has 0 spiro atoms. The molecule has 0 saturated heterocycles. The number of carbonyl (C=O) groups excluding carboxylic acids is 1. The minimum Gasteiger partial charge on any atom is -0.367 e. The molecule has 0 aliphatic carbocycles. The topological polar surface area (TPSA) is 84.5 Å². The number of rotatable bonds is 9. The summed E-state index contributed by atoms with van der Waals surface area (Å²) in [7, 11) is -3.76. The van der Waals surface area contributed by atoms with Gasteiger partial charge >= 0.3 is 6.18 Å². The summed E-state index contributed by atoms with van der Waals surface area (Å²) in [5.74, 6) is -0.175. The number of hydrogen-bond acceptors (Lipinski definition) is 4. The Bertz CT molecular complexity index is 912. The molecule has 0 fully saturated rings. The quantitative estimate of drug-likeness (QED) is 0.637. The Labute approximate surface area is 167 Å². The van der Waals surface area contributed by atoms with Crippen LogP contribution in [0.4, 0.5) is 18.9 Å². The van der Waals surface area contributed by atoms with Crippen LogP contribution in [0.25, 0.3) is 0 Å². The zero-order valence-corrected chi connectivity index (χ0v) is 16.4. The summed E-state index contributed by atoms with van der Waals surface area (Å²) in [6.07, 6.45) is -4.06. The molecule has 6 nitrogen and oxygen atoms in total. The fourth-order valence-electron chi connectivity index (χ4n) is 2.27. The molecule has 0 aromatic heterocycles. The molecule has 2 aromatic rings. The number of nitrogens with one attached hydrogen (secondary N) is 2. The SMILES string of the molecule is CCC(=O)Nc1ccc(S(=O)(=O)NCc2ccc(COCC(F)(F)F)cc2)cc1. The Morgan fingerprint density at radius 2 is 1.59 bits per heavy atom. The van der Waals surface area contributed by atoms with Crippen molar-refractivity contribution in [2.45, 2.75) is 37.6 Å². The van der Waals surface area contributed by atoms with Crippen LogP contribution >= 0.6 is 0 Å². The number of hydrogen-bond donors (Lipinski definition) is 2. The predicted octanol–water partition coefficient (Wildman–Crippen LogP) is 3.59. The number of benzene rings is 2. The Kier molecular flexibility index (Phi) is 7.77. The highest BCUT2D eigenvalue weighted by Crippen LogP contribution is 2.17. The van der Waals surface area contributed by atoms with Crippen molar-refractivity contribution in [2.24, 2.45) is 0 Å². The average Bonchev–Trinajstić information content (AvgIpc) is 2.67. The van der Waals surface area contributed by atoms with E-state index in [1.165, 1.54) is 24.3 Å². The predicted molar refractivity (Wildman–Crippen MR) is 102 cm³/mol. The van der Waals surface area contributed by atoms with Crippen LogP contribution in [-0.2, 0) is 32.7 Å². The van der Waals surface area contributed by atoms with Crippen LogP contribution < -0.4 is 10.0 Å². The third kappa shape index (κ3) is 7.84. The van der Waals surface area contributed by atoms with Crippen molar-refractivity contribution in [3.05, 3.63) is 59.7 Å². The second kappa shape index (κ2) is 9.86.